The first-order valence-electron chi connectivity index (χ1n) is 6.73. The van der Waals surface area contributed by atoms with E-state index in [2.05, 4.69) is 64.3 Å². The van der Waals surface area contributed by atoms with Crippen molar-refractivity contribution in [2.24, 2.45) is 0 Å². The molecule has 4 nitrogen and oxygen atoms in total. The van der Waals surface area contributed by atoms with Crippen LogP contribution in [0.2, 0.25) is 0 Å². The van der Waals surface area contributed by atoms with E-state index in [0.717, 1.165) is 23.0 Å². The molecule has 1 aromatic heterocycles. The number of benzene rings is 1. The molecule has 0 atom stereocenters. The van der Waals surface area contributed by atoms with Gasteiger partial charge in [0.15, 0.2) is 0 Å². The van der Waals surface area contributed by atoms with Crippen molar-refractivity contribution in [2.45, 2.75) is 39.2 Å². The summed E-state index contributed by atoms with van der Waals surface area (Å²) >= 11 is 3.46. The van der Waals surface area contributed by atoms with Crippen LogP contribution in [0.3, 0.4) is 0 Å². The van der Waals surface area contributed by atoms with Gasteiger partial charge in [0.25, 0.3) is 0 Å². The number of nitrogens with zero attached hydrogens (tertiary/aromatic N) is 2. The van der Waals surface area contributed by atoms with Crippen molar-refractivity contribution in [3.05, 3.63) is 46.1 Å². The predicted molar refractivity (Wildman–Crippen MR) is 82.7 cm³/mol. The Morgan fingerprint density at radius 1 is 1.20 bits per heavy atom. The van der Waals surface area contributed by atoms with Crippen LogP contribution in [0.25, 0.3) is 0 Å². The fourth-order valence-electron chi connectivity index (χ4n) is 1.83. The number of hydrogen-bond acceptors (Lipinski definition) is 4. The Labute approximate surface area is 128 Å². The van der Waals surface area contributed by atoms with Crippen LogP contribution >= 0.6 is 15.9 Å². The van der Waals surface area contributed by atoms with E-state index in [1.807, 2.05) is 12.1 Å². The minimum absolute atomic E-state index is 0.110. The number of hydrogen-bond donors (Lipinski definition) is 1. The van der Waals surface area contributed by atoms with Crippen LogP contribution in [0.5, 0.6) is 0 Å². The molecular weight excluding hydrogens is 318 g/mol. The number of aromatic nitrogens is 2. The molecular formula is C15H20BrN3O. The van der Waals surface area contributed by atoms with E-state index in [9.17, 15) is 0 Å². The molecule has 1 heterocycles. The molecule has 0 radical (unpaired) electrons. The highest BCUT2D eigenvalue weighted by Crippen LogP contribution is 2.15. The van der Waals surface area contributed by atoms with Crippen LogP contribution in [0.4, 0.5) is 0 Å². The molecule has 0 saturated heterocycles. The third-order valence-electron chi connectivity index (χ3n) is 2.75. The molecule has 0 bridgehead atoms. The molecule has 2 aromatic rings. The zero-order valence-electron chi connectivity index (χ0n) is 12.1. The van der Waals surface area contributed by atoms with Crippen molar-refractivity contribution in [1.29, 1.82) is 0 Å². The Hall–Kier alpha value is -1.20. The molecule has 0 amide bonds. The quantitative estimate of drug-likeness (QED) is 0.908. The summed E-state index contributed by atoms with van der Waals surface area (Å²) in [5, 5.41) is 11.6. The van der Waals surface area contributed by atoms with Gasteiger partial charge in [0.2, 0.25) is 11.8 Å². The first kappa shape index (κ1) is 15.2. The lowest BCUT2D eigenvalue weighted by atomic mass is 10.1. The van der Waals surface area contributed by atoms with Crippen LogP contribution in [-0.4, -0.2) is 22.3 Å². The summed E-state index contributed by atoms with van der Waals surface area (Å²) in [5.74, 6) is 1.35. The topological polar surface area (TPSA) is 51.0 Å². The van der Waals surface area contributed by atoms with Gasteiger partial charge in [0.1, 0.15) is 0 Å². The maximum absolute atomic E-state index is 5.66. The second-order valence-electron chi connectivity index (χ2n) is 5.82. The van der Waals surface area contributed by atoms with Gasteiger partial charge in [0, 0.05) is 23.0 Å². The van der Waals surface area contributed by atoms with Crippen LogP contribution in [0, 0.1) is 0 Å². The fraction of sp³-hybridized carbons (Fsp3) is 0.467. The Kier molecular flexibility index (Phi) is 4.94. The van der Waals surface area contributed by atoms with E-state index >= 15 is 0 Å². The molecule has 108 valence electrons. The normalized spacial score (nSPS) is 11.8. The molecule has 0 aliphatic heterocycles. The summed E-state index contributed by atoms with van der Waals surface area (Å²) in [7, 11) is 0. The highest BCUT2D eigenvalue weighted by atomic mass is 79.9. The molecule has 1 aromatic carbocycles. The van der Waals surface area contributed by atoms with Gasteiger partial charge in [-0.15, -0.1) is 10.2 Å². The van der Waals surface area contributed by atoms with Gasteiger partial charge < -0.3 is 9.73 Å². The van der Waals surface area contributed by atoms with Crippen molar-refractivity contribution < 1.29 is 4.42 Å². The second kappa shape index (κ2) is 6.50. The molecule has 0 unspecified atom stereocenters. The van der Waals surface area contributed by atoms with Crippen molar-refractivity contribution in [3.63, 3.8) is 0 Å². The predicted octanol–water partition coefficient (Wildman–Crippen LogP) is 3.35. The highest BCUT2D eigenvalue weighted by molar-refractivity contribution is 9.10. The number of rotatable bonds is 5. The van der Waals surface area contributed by atoms with Gasteiger partial charge in [-0.1, -0.05) is 28.1 Å². The van der Waals surface area contributed by atoms with E-state index < -0.39 is 0 Å². The van der Waals surface area contributed by atoms with Gasteiger partial charge in [-0.3, -0.25) is 0 Å². The summed E-state index contributed by atoms with van der Waals surface area (Å²) in [6, 6.07) is 8.12. The molecule has 5 heteroatoms. The summed E-state index contributed by atoms with van der Waals surface area (Å²) < 4.78 is 6.72. The average molecular weight is 338 g/mol. The zero-order chi connectivity index (χ0) is 14.6. The Balaban J connectivity index is 1.89. The summed E-state index contributed by atoms with van der Waals surface area (Å²) in [4.78, 5) is 0. The molecule has 2 rings (SSSR count). The molecule has 20 heavy (non-hydrogen) atoms. The summed E-state index contributed by atoms with van der Waals surface area (Å²) in [5.41, 5.74) is 1.27. The maximum atomic E-state index is 5.66. The van der Waals surface area contributed by atoms with Crippen molar-refractivity contribution >= 4 is 15.9 Å². The number of halogens is 1. The Bertz CT molecular complexity index is 560. The minimum Gasteiger partial charge on any atom is -0.425 e. The molecule has 0 aliphatic carbocycles. The smallest absolute Gasteiger partial charge is 0.220 e. The first-order valence-corrected chi connectivity index (χ1v) is 7.52. The highest BCUT2D eigenvalue weighted by Gasteiger charge is 2.11. The van der Waals surface area contributed by atoms with Crippen LogP contribution in [0.15, 0.2) is 33.2 Å². The largest absolute Gasteiger partial charge is 0.425 e. The van der Waals surface area contributed by atoms with Crippen molar-refractivity contribution in [1.82, 2.24) is 15.5 Å². The minimum atomic E-state index is 0.110. The summed E-state index contributed by atoms with van der Waals surface area (Å²) in [6.07, 6.45) is 1.42. The molecule has 0 spiro atoms. The standard InChI is InChI=1S/C15H20BrN3O/c1-15(2,3)17-8-7-13-18-19-14(20-13)10-11-5-4-6-12(16)9-11/h4-6,9,17H,7-8,10H2,1-3H3. The maximum Gasteiger partial charge on any atom is 0.220 e. The van der Waals surface area contributed by atoms with Gasteiger partial charge in [-0.25, -0.2) is 0 Å². The van der Waals surface area contributed by atoms with Crippen LogP contribution in [0.1, 0.15) is 38.1 Å². The second-order valence-corrected chi connectivity index (χ2v) is 6.74. The van der Waals surface area contributed by atoms with E-state index in [4.69, 9.17) is 4.42 Å². The third kappa shape index (κ3) is 5.06. The number of nitrogens with one attached hydrogen (secondary N) is 1. The van der Waals surface area contributed by atoms with Crippen LogP contribution < -0.4 is 5.32 Å². The van der Waals surface area contributed by atoms with Crippen molar-refractivity contribution in [2.75, 3.05) is 6.54 Å². The van der Waals surface area contributed by atoms with Gasteiger partial charge in [-0.05, 0) is 38.5 Å². The molecule has 0 saturated carbocycles. The molecule has 0 aliphatic rings. The van der Waals surface area contributed by atoms with Crippen molar-refractivity contribution in [3.8, 4) is 0 Å². The summed E-state index contributed by atoms with van der Waals surface area (Å²) in [6.45, 7) is 7.25. The van der Waals surface area contributed by atoms with Gasteiger partial charge in [0.05, 0.1) is 6.42 Å². The molecule has 0 fully saturated rings. The Morgan fingerprint density at radius 2 is 1.95 bits per heavy atom. The lowest BCUT2D eigenvalue weighted by Crippen LogP contribution is -2.37. The zero-order valence-corrected chi connectivity index (χ0v) is 13.7. The monoisotopic (exact) mass is 337 g/mol. The molecule has 1 N–H and O–H groups in total. The van der Waals surface area contributed by atoms with E-state index in [0.29, 0.717) is 18.2 Å². The van der Waals surface area contributed by atoms with E-state index in [-0.39, 0.29) is 5.54 Å². The lowest BCUT2D eigenvalue weighted by molar-refractivity contribution is 0.403. The van der Waals surface area contributed by atoms with Crippen LogP contribution in [-0.2, 0) is 12.8 Å². The fourth-order valence-corrected chi connectivity index (χ4v) is 2.27. The van der Waals surface area contributed by atoms with Gasteiger partial charge in [-0.2, -0.15) is 0 Å². The lowest BCUT2D eigenvalue weighted by Gasteiger charge is -2.19. The average Bonchev–Trinajstić information content (AvgIpc) is 2.75. The van der Waals surface area contributed by atoms with E-state index in [1.54, 1.807) is 0 Å². The first-order chi connectivity index (χ1) is 9.42. The third-order valence-corrected chi connectivity index (χ3v) is 3.24. The van der Waals surface area contributed by atoms with E-state index in [1.165, 1.54) is 0 Å². The Morgan fingerprint density at radius 3 is 2.65 bits per heavy atom. The van der Waals surface area contributed by atoms with Gasteiger partial charge >= 0.3 is 0 Å². The SMILES string of the molecule is CC(C)(C)NCCc1nnc(Cc2cccc(Br)c2)o1.